The van der Waals surface area contributed by atoms with E-state index in [-0.39, 0.29) is 5.97 Å². The summed E-state index contributed by atoms with van der Waals surface area (Å²) in [7, 11) is 0. The van der Waals surface area contributed by atoms with Gasteiger partial charge in [-0.25, -0.2) is 0 Å². The summed E-state index contributed by atoms with van der Waals surface area (Å²) in [6, 6.07) is 0. The summed E-state index contributed by atoms with van der Waals surface area (Å²) in [5.41, 5.74) is 0. The smallest absolute Gasteiger partial charge is 0.339 e. The number of carboxylic acid groups (broad SMARTS) is 1. The molecule has 0 fully saturated rings. The van der Waals surface area contributed by atoms with Gasteiger partial charge in [-0.15, -0.1) is 0 Å². The number of esters is 1. The predicted octanol–water partition coefficient (Wildman–Crippen LogP) is 3.47. The molecule has 0 aliphatic carbocycles. The van der Waals surface area contributed by atoms with Crippen molar-refractivity contribution in [3.63, 3.8) is 0 Å². The first-order valence-electron chi connectivity index (χ1n) is 3.52. The minimum atomic E-state index is -3.22. The van der Waals surface area contributed by atoms with Gasteiger partial charge in [-0.05, 0) is 40.6 Å². The van der Waals surface area contributed by atoms with E-state index in [9.17, 15) is 9.36 Å². The van der Waals surface area contributed by atoms with Gasteiger partial charge in [-0.2, -0.15) is 0 Å². The molecular formula is C6H12Cl3O5P. The third kappa shape index (κ3) is 220. The van der Waals surface area contributed by atoms with E-state index >= 15 is 0 Å². The molecule has 5 nitrogen and oxygen atoms in total. The van der Waals surface area contributed by atoms with Gasteiger partial charge in [0.05, 0.1) is 6.61 Å². The average Bonchev–Trinajstić information content (AvgIpc) is 1.79. The Morgan fingerprint density at radius 2 is 1.47 bits per heavy atom. The first kappa shape index (κ1) is 20.5. The zero-order valence-electron chi connectivity index (χ0n) is 8.37. The molecule has 0 atom stereocenters. The second-order valence-electron chi connectivity index (χ2n) is 1.84. The van der Waals surface area contributed by atoms with Crippen molar-refractivity contribution in [3.8, 4) is 0 Å². The maximum Gasteiger partial charge on any atom is 0.339 e. The molecule has 0 aliphatic rings. The number of halogens is 3. The van der Waals surface area contributed by atoms with Gasteiger partial charge in [0, 0.05) is 13.8 Å². The Morgan fingerprint density at radius 3 is 1.47 bits per heavy atom. The highest BCUT2D eigenvalue weighted by Gasteiger charge is 2.02. The monoisotopic (exact) mass is 300 g/mol. The normalized spacial score (nSPS) is 8.67. The molecule has 0 heterocycles. The lowest BCUT2D eigenvalue weighted by molar-refractivity contribution is -0.140. The molecule has 0 aromatic carbocycles. The fourth-order valence-corrected chi connectivity index (χ4v) is 0.203. The molecule has 0 aliphatic heterocycles. The first-order valence-corrected chi connectivity index (χ1v) is 7.94. The van der Waals surface area contributed by atoms with Crippen molar-refractivity contribution >= 4 is 50.9 Å². The Bertz CT molecular complexity index is 215. The Kier molecular flexibility index (Phi) is 16.5. The number of carbonyl (C=O) groups excluding carboxylic acids is 1. The second-order valence-corrected chi connectivity index (χ2v) is 8.48. The van der Waals surface area contributed by atoms with Crippen LogP contribution in [0.4, 0.5) is 0 Å². The molecule has 1 N–H and O–H groups in total. The molecule has 0 aromatic rings. The number of carboxylic acids is 1. The molecule has 0 saturated carbocycles. The topological polar surface area (TPSA) is 80.7 Å². The molecule has 0 spiro atoms. The molecule has 92 valence electrons. The molecule has 0 amide bonds. The molecule has 0 radical (unpaired) electrons. The number of hydrogen-bond donors (Lipinski definition) is 1. The van der Waals surface area contributed by atoms with Gasteiger partial charge < -0.3 is 9.84 Å². The summed E-state index contributed by atoms with van der Waals surface area (Å²) in [6.45, 7) is 4.74. The van der Waals surface area contributed by atoms with Gasteiger partial charge in [0.1, 0.15) is 0 Å². The third-order valence-electron chi connectivity index (χ3n) is 0.348. The summed E-state index contributed by atoms with van der Waals surface area (Å²) in [6.07, 6.45) is 0. The third-order valence-corrected chi connectivity index (χ3v) is 0.348. The molecule has 0 aromatic heterocycles. The van der Waals surface area contributed by atoms with Gasteiger partial charge in [0.2, 0.25) is 0 Å². The summed E-state index contributed by atoms with van der Waals surface area (Å²) in [5.74, 6) is -1.04. The van der Waals surface area contributed by atoms with E-state index in [1.807, 2.05) is 0 Å². The van der Waals surface area contributed by atoms with Crippen molar-refractivity contribution < 1.29 is 24.0 Å². The molecule has 0 bridgehead atoms. The van der Waals surface area contributed by atoms with E-state index in [0.29, 0.717) is 6.61 Å². The van der Waals surface area contributed by atoms with E-state index < -0.39 is 11.2 Å². The fourth-order valence-electron chi connectivity index (χ4n) is 0.203. The number of carbonyl (C=O) groups is 2. The van der Waals surface area contributed by atoms with Crippen LogP contribution in [0.25, 0.3) is 0 Å². The largest absolute Gasteiger partial charge is 0.481 e. The quantitative estimate of drug-likeness (QED) is 0.592. The van der Waals surface area contributed by atoms with E-state index in [1.165, 1.54) is 6.92 Å². The SMILES string of the molecule is CC(=O)O.CCOC(C)=O.O=P(Cl)(Cl)Cl. The van der Waals surface area contributed by atoms with Gasteiger partial charge in [0.15, 0.2) is 0 Å². The fraction of sp³-hybridized carbons (Fsp3) is 0.667. The average molecular weight is 301 g/mol. The van der Waals surface area contributed by atoms with Crippen LogP contribution in [0.5, 0.6) is 0 Å². The molecule has 0 rings (SSSR count). The number of hydrogen-bond acceptors (Lipinski definition) is 4. The lowest BCUT2D eigenvalue weighted by Gasteiger charge is -1.89. The summed E-state index contributed by atoms with van der Waals surface area (Å²) in [5, 5.41) is 4.19. The van der Waals surface area contributed by atoms with Crippen molar-refractivity contribution in [1.82, 2.24) is 0 Å². The van der Waals surface area contributed by atoms with Crippen LogP contribution in [-0.2, 0) is 18.9 Å². The van der Waals surface area contributed by atoms with Gasteiger partial charge in [0.25, 0.3) is 5.97 Å². The predicted molar refractivity (Wildman–Crippen MR) is 60.8 cm³/mol. The zero-order chi connectivity index (χ0) is 13.1. The Labute approximate surface area is 102 Å². The molecule has 9 heteroatoms. The van der Waals surface area contributed by atoms with Crippen LogP contribution < -0.4 is 0 Å². The van der Waals surface area contributed by atoms with Crippen molar-refractivity contribution in [2.24, 2.45) is 0 Å². The van der Waals surface area contributed by atoms with Crippen molar-refractivity contribution in [1.29, 1.82) is 0 Å². The number of rotatable bonds is 1. The van der Waals surface area contributed by atoms with Gasteiger partial charge in [-0.1, -0.05) is 0 Å². The highest BCUT2D eigenvalue weighted by molar-refractivity contribution is 8.24. The van der Waals surface area contributed by atoms with Crippen LogP contribution in [0.3, 0.4) is 0 Å². The number of ether oxygens (including phenoxy) is 1. The molecule has 0 saturated heterocycles. The Balaban J connectivity index is -0.000000147. The standard InChI is InChI=1S/C4H8O2.C2H4O2.Cl3OP/c1-3-6-4(2)5;1-2(3)4;1-5(2,3)4/h3H2,1-2H3;1H3,(H,3,4);. The van der Waals surface area contributed by atoms with Gasteiger partial charge >= 0.3 is 11.2 Å². The maximum atomic E-state index is 9.82. The van der Waals surface area contributed by atoms with Crippen molar-refractivity contribution in [3.05, 3.63) is 0 Å². The van der Waals surface area contributed by atoms with Crippen molar-refractivity contribution in [2.75, 3.05) is 6.61 Å². The molecule has 15 heavy (non-hydrogen) atoms. The van der Waals surface area contributed by atoms with Crippen LogP contribution in [0.1, 0.15) is 20.8 Å². The summed E-state index contributed by atoms with van der Waals surface area (Å²) < 4.78 is 13.9. The van der Waals surface area contributed by atoms with E-state index in [1.54, 1.807) is 6.92 Å². The summed E-state index contributed by atoms with van der Waals surface area (Å²) >= 11 is 13.8. The van der Waals surface area contributed by atoms with Crippen LogP contribution in [0.15, 0.2) is 0 Å². The summed E-state index contributed by atoms with van der Waals surface area (Å²) in [4.78, 5) is 18.8. The van der Waals surface area contributed by atoms with Crippen molar-refractivity contribution in [2.45, 2.75) is 20.8 Å². The zero-order valence-corrected chi connectivity index (χ0v) is 11.5. The highest BCUT2D eigenvalue weighted by atomic mass is 36.0. The van der Waals surface area contributed by atoms with Crippen LogP contribution in [0, 0.1) is 0 Å². The minimum Gasteiger partial charge on any atom is -0.481 e. The molecular weight excluding hydrogens is 289 g/mol. The van der Waals surface area contributed by atoms with Gasteiger partial charge in [-0.3, -0.25) is 14.2 Å². The first-order chi connectivity index (χ1) is 6.50. The lowest BCUT2D eigenvalue weighted by Crippen LogP contribution is -1.95. The Morgan fingerprint density at radius 1 is 1.27 bits per heavy atom. The van der Waals surface area contributed by atoms with E-state index in [4.69, 9.17) is 9.90 Å². The van der Waals surface area contributed by atoms with Crippen LogP contribution in [-0.4, -0.2) is 23.7 Å². The second kappa shape index (κ2) is 12.1. The highest BCUT2D eigenvalue weighted by Crippen LogP contribution is 2.61. The lowest BCUT2D eigenvalue weighted by atomic mass is 10.8. The van der Waals surface area contributed by atoms with Crippen LogP contribution in [0.2, 0.25) is 0 Å². The van der Waals surface area contributed by atoms with E-state index in [0.717, 1.165) is 6.92 Å². The minimum absolute atomic E-state index is 0.211. The number of aliphatic carboxylic acids is 1. The molecule has 0 unspecified atom stereocenters. The Hall–Kier alpha value is 0.0400. The van der Waals surface area contributed by atoms with Crippen LogP contribution >= 0.6 is 38.9 Å². The maximum absolute atomic E-state index is 9.82. The van der Waals surface area contributed by atoms with E-state index in [2.05, 4.69) is 38.5 Å².